The van der Waals surface area contributed by atoms with Crippen LogP contribution in [0.5, 0.6) is 0 Å². The van der Waals surface area contributed by atoms with Gasteiger partial charge in [-0.2, -0.15) is 5.32 Å². The van der Waals surface area contributed by atoms with Gasteiger partial charge >= 0.3 is 6.03 Å². The third kappa shape index (κ3) is 1.22. The zero-order valence-electron chi connectivity index (χ0n) is 5.51. The first-order chi connectivity index (χ1) is 4.20. The molecule has 0 aromatic heterocycles. The second-order valence-corrected chi connectivity index (χ2v) is 2.08. The third-order valence-electron chi connectivity index (χ3n) is 1.33. The predicted molar refractivity (Wildman–Crippen MR) is 32.9 cm³/mol. The van der Waals surface area contributed by atoms with Crippen LogP contribution < -0.4 is 10.6 Å². The summed E-state index contributed by atoms with van der Waals surface area (Å²) in [5.41, 5.74) is 1.89. The van der Waals surface area contributed by atoms with Crippen LogP contribution in [0.1, 0.15) is 13.8 Å². The van der Waals surface area contributed by atoms with Gasteiger partial charge in [-0.25, -0.2) is 10.1 Å². The molecular formula is C6H8N2O. The number of carbonyl (C=O) groups excluding carboxylic acids is 1. The van der Waals surface area contributed by atoms with Crippen LogP contribution in [0.2, 0.25) is 0 Å². The second-order valence-electron chi connectivity index (χ2n) is 2.08. The molecule has 2 radical (unpaired) electrons. The minimum absolute atomic E-state index is 0.349. The monoisotopic (exact) mass is 124 g/mol. The summed E-state index contributed by atoms with van der Waals surface area (Å²) in [6.07, 6.45) is 0. The van der Waals surface area contributed by atoms with E-state index in [1.54, 1.807) is 0 Å². The van der Waals surface area contributed by atoms with E-state index in [9.17, 15) is 4.79 Å². The van der Waals surface area contributed by atoms with Crippen LogP contribution in [0.3, 0.4) is 0 Å². The maximum absolute atomic E-state index is 10.5. The summed E-state index contributed by atoms with van der Waals surface area (Å²) in [6, 6.07) is -0.349. The first kappa shape index (κ1) is 6.13. The Balaban J connectivity index is 2.72. The third-order valence-corrected chi connectivity index (χ3v) is 1.33. The van der Waals surface area contributed by atoms with Gasteiger partial charge in [-0.15, -0.1) is 0 Å². The van der Waals surface area contributed by atoms with Crippen LogP contribution in [-0.2, 0) is 0 Å². The zero-order valence-corrected chi connectivity index (χ0v) is 5.51. The van der Waals surface area contributed by atoms with Crippen LogP contribution in [0.4, 0.5) is 4.79 Å². The topological polar surface area (TPSA) is 45.3 Å². The smallest absolute Gasteiger partial charge is 0.244 e. The summed E-state index contributed by atoms with van der Waals surface area (Å²) in [5, 5.41) is 7.24. The van der Waals surface area contributed by atoms with Crippen molar-refractivity contribution in [3.63, 3.8) is 0 Å². The van der Waals surface area contributed by atoms with Gasteiger partial charge in [-0.1, -0.05) is 0 Å². The van der Waals surface area contributed by atoms with Gasteiger partial charge < -0.3 is 0 Å². The highest BCUT2D eigenvalue weighted by molar-refractivity contribution is 5.76. The molecule has 0 atom stereocenters. The minimum Gasteiger partial charge on any atom is -0.244 e. The Morgan fingerprint density at radius 2 is 2.11 bits per heavy atom. The van der Waals surface area contributed by atoms with Crippen molar-refractivity contribution < 1.29 is 4.79 Å². The average Bonchev–Trinajstić information content (AvgIpc) is 1.80. The molecule has 3 nitrogen and oxygen atoms in total. The van der Waals surface area contributed by atoms with Crippen molar-refractivity contribution >= 4 is 6.03 Å². The van der Waals surface area contributed by atoms with Gasteiger partial charge in [0.25, 0.3) is 0 Å². The molecule has 9 heavy (non-hydrogen) atoms. The van der Waals surface area contributed by atoms with Gasteiger partial charge in [-0.05, 0) is 19.4 Å². The summed E-state index contributed by atoms with van der Waals surface area (Å²) in [5.74, 6) is 0. The van der Waals surface area contributed by atoms with Crippen LogP contribution in [0.15, 0.2) is 11.3 Å². The van der Waals surface area contributed by atoms with E-state index in [2.05, 4.69) is 10.6 Å². The number of urea groups is 1. The predicted octanol–water partition coefficient (Wildman–Crippen LogP) is 0.623. The molecule has 0 saturated carbocycles. The van der Waals surface area contributed by atoms with E-state index in [0.717, 1.165) is 11.3 Å². The molecule has 2 amide bonds. The molecule has 1 rings (SSSR count). The summed E-state index contributed by atoms with van der Waals surface area (Å²) in [7, 11) is 0. The second kappa shape index (κ2) is 2.09. The number of rotatable bonds is 0. The lowest BCUT2D eigenvalue weighted by atomic mass is 10.2. The molecule has 0 saturated heterocycles. The van der Waals surface area contributed by atoms with Gasteiger partial charge in [0.1, 0.15) is 0 Å². The largest absolute Gasteiger partial charge is 0.362 e. The standard InChI is InChI=1S/C6H8N2O/c1-4-3-7-6(9)8-5(4)2/h3H2,1-2H3. The fraction of sp³-hybridized carbons (Fsp3) is 0.500. The Morgan fingerprint density at radius 1 is 1.44 bits per heavy atom. The maximum Gasteiger partial charge on any atom is 0.362 e. The molecule has 0 aromatic carbocycles. The Bertz CT molecular complexity index is 172. The lowest BCUT2D eigenvalue weighted by molar-refractivity contribution is 0.241. The van der Waals surface area contributed by atoms with Crippen molar-refractivity contribution in [1.29, 1.82) is 0 Å². The molecule has 3 heteroatoms. The highest BCUT2D eigenvalue weighted by Crippen LogP contribution is 2.04. The molecule has 0 aliphatic carbocycles. The highest BCUT2D eigenvalue weighted by Gasteiger charge is 2.13. The van der Waals surface area contributed by atoms with Gasteiger partial charge in [-0.3, -0.25) is 0 Å². The summed E-state index contributed by atoms with van der Waals surface area (Å²) < 4.78 is 0. The number of hydrogen-bond donors (Lipinski definition) is 0. The molecule has 0 unspecified atom stereocenters. The van der Waals surface area contributed by atoms with E-state index in [1.807, 2.05) is 13.8 Å². The molecular weight excluding hydrogens is 116 g/mol. The summed E-state index contributed by atoms with van der Waals surface area (Å²) in [4.78, 5) is 10.5. The fourth-order valence-corrected chi connectivity index (χ4v) is 0.575. The van der Waals surface area contributed by atoms with Crippen molar-refractivity contribution in [1.82, 2.24) is 10.6 Å². The Morgan fingerprint density at radius 3 is 2.56 bits per heavy atom. The van der Waals surface area contributed by atoms with E-state index < -0.39 is 0 Å². The van der Waals surface area contributed by atoms with Crippen molar-refractivity contribution in [2.24, 2.45) is 0 Å². The molecule has 1 aliphatic rings. The molecule has 0 bridgehead atoms. The number of amides is 2. The summed E-state index contributed by atoms with van der Waals surface area (Å²) in [6.45, 7) is 4.27. The first-order valence-electron chi connectivity index (χ1n) is 2.79. The lowest BCUT2D eigenvalue weighted by Gasteiger charge is -2.11. The molecule has 48 valence electrons. The van der Waals surface area contributed by atoms with Crippen LogP contribution in [0, 0.1) is 0 Å². The number of hydrogen-bond acceptors (Lipinski definition) is 1. The highest BCUT2D eigenvalue weighted by atomic mass is 16.2. The molecule has 0 N–H and O–H groups in total. The summed E-state index contributed by atoms with van der Waals surface area (Å²) >= 11 is 0. The SMILES string of the molecule is CC1=C(C)[N]C(=O)[N]C1. The molecule has 0 aromatic rings. The zero-order chi connectivity index (χ0) is 6.85. The van der Waals surface area contributed by atoms with Crippen molar-refractivity contribution in [2.45, 2.75) is 13.8 Å². The van der Waals surface area contributed by atoms with Crippen molar-refractivity contribution in [3.05, 3.63) is 11.3 Å². The normalized spacial score (nSPS) is 19.1. The molecule has 1 aliphatic heterocycles. The molecule has 0 spiro atoms. The van der Waals surface area contributed by atoms with Crippen LogP contribution >= 0.6 is 0 Å². The number of carbonyl (C=O) groups is 1. The van der Waals surface area contributed by atoms with E-state index in [-0.39, 0.29) is 6.03 Å². The van der Waals surface area contributed by atoms with Crippen molar-refractivity contribution in [3.8, 4) is 0 Å². The van der Waals surface area contributed by atoms with Crippen LogP contribution in [-0.4, -0.2) is 12.6 Å². The van der Waals surface area contributed by atoms with Crippen molar-refractivity contribution in [2.75, 3.05) is 6.54 Å². The Hall–Kier alpha value is -0.990. The minimum atomic E-state index is -0.349. The van der Waals surface area contributed by atoms with E-state index in [4.69, 9.17) is 0 Å². The lowest BCUT2D eigenvalue weighted by Crippen LogP contribution is -2.30. The van der Waals surface area contributed by atoms with E-state index in [0.29, 0.717) is 6.54 Å². The Labute approximate surface area is 54.1 Å². The number of allylic oxidation sites excluding steroid dienone is 1. The fourth-order valence-electron chi connectivity index (χ4n) is 0.575. The quantitative estimate of drug-likeness (QED) is 0.467. The van der Waals surface area contributed by atoms with E-state index in [1.165, 1.54) is 0 Å². The molecule has 0 fully saturated rings. The maximum atomic E-state index is 10.5. The Kier molecular flexibility index (Phi) is 1.42. The first-order valence-corrected chi connectivity index (χ1v) is 2.79. The average molecular weight is 124 g/mol. The van der Waals surface area contributed by atoms with Gasteiger partial charge in [0.05, 0.1) is 6.54 Å². The number of nitrogens with zero attached hydrogens (tertiary/aromatic N) is 2. The van der Waals surface area contributed by atoms with Gasteiger partial charge in [0, 0.05) is 5.70 Å². The molecule has 1 heterocycles. The van der Waals surface area contributed by atoms with Gasteiger partial charge in [0.2, 0.25) is 0 Å². The van der Waals surface area contributed by atoms with Gasteiger partial charge in [0.15, 0.2) is 0 Å². The van der Waals surface area contributed by atoms with Crippen LogP contribution in [0.25, 0.3) is 0 Å². The van der Waals surface area contributed by atoms with E-state index >= 15 is 0 Å².